The van der Waals surface area contributed by atoms with Crippen LogP contribution in [0.25, 0.3) is 0 Å². The monoisotopic (exact) mass is 359 g/mol. The molecule has 1 aliphatic heterocycles. The number of aromatic hydroxyl groups is 1. The second-order valence-electron chi connectivity index (χ2n) is 5.65. The Hall–Kier alpha value is -1.95. The molecule has 1 saturated heterocycles. The predicted molar refractivity (Wildman–Crippen MR) is 81.9 cm³/mol. The van der Waals surface area contributed by atoms with Crippen molar-refractivity contribution >= 4 is 5.97 Å². The van der Waals surface area contributed by atoms with Crippen molar-refractivity contribution in [1.82, 2.24) is 5.32 Å². The molecule has 0 aromatic heterocycles. The first-order valence-corrected chi connectivity index (χ1v) is 7.51. The van der Waals surface area contributed by atoms with Crippen LogP contribution in [0, 0.1) is 0 Å². The Morgan fingerprint density at radius 3 is 2.52 bits per heavy atom. The molecule has 0 spiro atoms. The smallest absolute Gasteiger partial charge is 0.335 e. The maximum absolute atomic E-state index is 11.0. The van der Waals surface area contributed by atoms with Gasteiger partial charge in [-0.05, 0) is 24.7 Å². The van der Waals surface area contributed by atoms with Gasteiger partial charge in [0, 0.05) is 6.54 Å². The van der Waals surface area contributed by atoms with Gasteiger partial charge in [-0.15, -0.1) is 0 Å². The SMILES string of the molecule is CNCC(O)c1ccc(O[C@@H]2O[C@H](C(=O)O)[C@@H](O)C(O)C2O)c(O)c1. The zero-order valence-corrected chi connectivity index (χ0v) is 13.3. The highest BCUT2D eigenvalue weighted by Gasteiger charge is 2.48. The van der Waals surface area contributed by atoms with Gasteiger partial charge in [0.05, 0.1) is 6.10 Å². The number of likely N-dealkylation sites (N-methyl/N-ethyl adjacent to an activating group) is 1. The van der Waals surface area contributed by atoms with Crippen molar-refractivity contribution in [3.8, 4) is 11.5 Å². The van der Waals surface area contributed by atoms with Crippen molar-refractivity contribution in [3.05, 3.63) is 23.8 Å². The molecule has 0 bridgehead atoms. The van der Waals surface area contributed by atoms with Gasteiger partial charge in [0.15, 0.2) is 17.6 Å². The lowest BCUT2D eigenvalue weighted by molar-refractivity contribution is -0.271. The van der Waals surface area contributed by atoms with Gasteiger partial charge in [-0.2, -0.15) is 0 Å². The molecule has 2 rings (SSSR count). The number of aliphatic carboxylic acids is 1. The van der Waals surface area contributed by atoms with E-state index in [4.69, 9.17) is 14.6 Å². The molecule has 0 radical (unpaired) electrons. The number of carboxylic acid groups (broad SMARTS) is 1. The third-order valence-corrected chi connectivity index (χ3v) is 3.82. The van der Waals surface area contributed by atoms with Crippen molar-refractivity contribution in [1.29, 1.82) is 0 Å². The lowest BCUT2D eigenvalue weighted by Crippen LogP contribution is -2.61. The van der Waals surface area contributed by atoms with Crippen LogP contribution in [0.4, 0.5) is 0 Å². The minimum Gasteiger partial charge on any atom is -0.504 e. The number of hydrogen-bond acceptors (Lipinski definition) is 9. The van der Waals surface area contributed by atoms with Gasteiger partial charge in [0.25, 0.3) is 0 Å². The standard InChI is InChI=1S/C15H21NO9/c1-16-5-8(18)6-2-3-9(7(17)4-6)24-15-12(21)10(19)11(20)13(25-15)14(22)23/h2-4,8,10-13,15-21H,5H2,1H3,(H,22,23)/t8?,10?,11-,12?,13-,15+/m0/s1. The van der Waals surface area contributed by atoms with Crippen molar-refractivity contribution < 1.29 is 44.9 Å². The molecule has 10 heteroatoms. The molecule has 0 amide bonds. The first-order chi connectivity index (χ1) is 11.8. The molecule has 10 nitrogen and oxygen atoms in total. The Morgan fingerprint density at radius 2 is 1.96 bits per heavy atom. The van der Waals surface area contributed by atoms with Crippen LogP contribution in [-0.2, 0) is 9.53 Å². The normalized spacial score (nSPS) is 30.7. The van der Waals surface area contributed by atoms with Gasteiger partial charge in [-0.25, -0.2) is 4.79 Å². The van der Waals surface area contributed by atoms with Crippen molar-refractivity contribution in [3.63, 3.8) is 0 Å². The number of hydrogen-bond donors (Lipinski definition) is 7. The highest BCUT2D eigenvalue weighted by atomic mass is 16.7. The number of nitrogens with one attached hydrogen (secondary N) is 1. The number of carboxylic acids is 1. The average molecular weight is 359 g/mol. The van der Waals surface area contributed by atoms with E-state index in [1.54, 1.807) is 7.05 Å². The molecule has 6 atom stereocenters. The van der Waals surface area contributed by atoms with Crippen molar-refractivity contribution in [2.75, 3.05) is 13.6 Å². The number of carbonyl (C=O) groups is 1. The molecule has 0 saturated carbocycles. The summed E-state index contributed by atoms with van der Waals surface area (Å²) in [6.07, 6.45) is -9.67. The van der Waals surface area contributed by atoms with E-state index >= 15 is 0 Å². The predicted octanol–water partition coefficient (Wildman–Crippen LogP) is -2.08. The molecule has 7 N–H and O–H groups in total. The van der Waals surface area contributed by atoms with Crippen LogP contribution in [0.3, 0.4) is 0 Å². The Bertz CT molecular complexity index is 611. The van der Waals surface area contributed by atoms with Crippen LogP contribution < -0.4 is 10.1 Å². The fraction of sp³-hybridized carbons (Fsp3) is 0.533. The van der Waals surface area contributed by atoms with Crippen molar-refractivity contribution in [2.24, 2.45) is 0 Å². The van der Waals surface area contributed by atoms with E-state index in [1.807, 2.05) is 0 Å². The summed E-state index contributed by atoms with van der Waals surface area (Å²) >= 11 is 0. The highest BCUT2D eigenvalue weighted by molar-refractivity contribution is 5.73. The molecule has 1 aromatic carbocycles. The summed E-state index contributed by atoms with van der Waals surface area (Å²) in [5.74, 6) is -2.07. The van der Waals surface area contributed by atoms with Gasteiger partial charge in [-0.3, -0.25) is 0 Å². The number of phenols is 1. The topological polar surface area (TPSA) is 169 Å². The highest BCUT2D eigenvalue weighted by Crippen LogP contribution is 2.32. The number of benzene rings is 1. The first-order valence-electron chi connectivity index (χ1n) is 7.51. The molecular weight excluding hydrogens is 338 g/mol. The largest absolute Gasteiger partial charge is 0.504 e. The second-order valence-corrected chi connectivity index (χ2v) is 5.65. The maximum Gasteiger partial charge on any atom is 0.335 e. The quantitative estimate of drug-likeness (QED) is 0.299. The Balaban J connectivity index is 2.16. The molecule has 0 aliphatic carbocycles. The van der Waals surface area contributed by atoms with Gasteiger partial charge in [0.1, 0.15) is 18.3 Å². The maximum atomic E-state index is 11.0. The van der Waals surface area contributed by atoms with Crippen LogP contribution in [-0.4, -0.2) is 80.9 Å². The van der Waals surface area contributed by atoms with Crippen LogP contribution >= 0.6 is 0 Å². The molecule has 1 aliphatic rings. The molecule has 3 unspecified atom stereocenters. The molecular formula is C15H21NO9. The Labute approximate surface area is 142 Å². The summed E-state index contributed by atoms with van der Waals surface area (Å²) < 4.78 is 10.2. The Morgan fingerprint density at radius 1 is 1.28 bits per heavy atom. The van der Waals surface area contributed by atoms with E-state index in [9.17, 15) is 30.3 Å². The molecule has 25 heavy (non-hydrogen) atoms. The van der Waals surface area contributed by atoms with E-state index in [0.29, 0.717) is 5.56 Å². The molecule has 140 valence electrons. The molecule has 1 aromatic rings. The zero-order valence-electron chi connectivity index (χ0n) is 13.3. The average Bonchev–Trinajstić information content (AvgIpc) is 2.56. The van der Waals surface area contributed by atoms with Gasteiger partial charge in [-0.1, -0.05) is 6.07 Å². The van der Waals surface area contributed by atoms with Crippen LogP contribution in [0.2, 0.25) is 0 Å². The van der Waals surface area contributed by atoms with Crippen LogP contribution in [0.5, 0.6) is 11.5 Å². The lowest BCUT2D eigenvalue weighted by atomic mass is 9.99. The van der Waals surface area contributed by atoms with E-state index in [1.165, 1.54) is 18.2 Å². The van der Waals surface area contributed by atoms with E-state index in [-0.39, 0.29) is 18.0 Å². The third-order valence-electron chi connectivity index (χ3n) is 3.82. The number of ether oxygens (including phenoxy) is 2. The lowest BCUT2D eigenvalue weighted by Gasteiger charge is -2.38. The minimum atomic E-state index is -1.83. The fourth-order valence-electron chi connectivity index (χ4n) is 2.43. The van der Waals surface area contributed by atoms with E-state index < -0.39 is 42.8 Å². The first kappa shape index (κ1) is 19.4. The van der Waals surface area contributed by atoms with E-state index in [2.05, 4.69) is 5.32 Å². The number of aliphatic hydroxyl groups excluding tert-OH is 4. The summed E-state index contributed by atoms with van der Waals surface area (Å²) in [6.45, 7) is 0.258. The molecule has 1 fully saturated rings. The molecule has 1 heterocycles. The second kappa shape index (κ2) is 7.95. The number of rotatable bonds is 6. The summed E-state index contributed by atoms with van der Waals surface area (Å²) in [5, 5.41) is 60.8. The summed E-state index contributed by atoms with van der Waals surface area (Å²) in [4.78, 5) is 11.0. The van der Waals surface area contributed by atoms with Gasteiger partial charge < -0.3 is 45.4 Å². The van der Waals surface area contributed by atoms with Gasteiger partial charge in [0.2, 0.25) is 6.29 Å². The van der Waals surface area contributed by atoms with Crippen molar-refractivity contribution in [2.45, 2.75) is 36.8 Å². The van der Waals surface area contributed by atoms with E-state index in [0.717, 1.165) is 0 Å². The summed E-state index contributed by atoms with van der Waals surface area (Å²) in [6, 6.07) is 4.01. The van der Waals surface area contributed by atoms with Crippen LogP contribution in [0.15, 0.2) is 18.2 Å². The summed E-state index contributed by atoms with van der Waals surface area (Å²) in [7, 11) is 1.65. The number of phenolic OH excluding ortho intramolecular Hbond substituents is 1. The van der Waals surface area contributed by atoms with Gasteiger partial charge >= 0.3 is 5.97 Å². The summed E-state index contributed by atoms with van der Waals surface area (Å²) in [5.41, 5.74) is 0.406. The number of aliphatic hydroxyl groups is 4. The Kier molecular flexibility index (Phi) is 6.16. The third kappa shape index (κ3) is 4.18. The fourth-order valence-corrected chi connectivity index (χ4v) is 2.43. The van der Waals surface area contributed by atoms with Crippen LogP contribution in [0.1, 0.15) is 11.7 Å². The zero-order chi connectivity index (χ0) is 18.7. The minimum absolute atomic E-state index is 0.155.